The summed E-state index contributed by atoms with van der Waals surface area (Å²) in [5.74, 6) is 0.932. The highest BCUT2D eigenvalue weighted by atomic mass is 15.1. The topological polar surface area (TPSA) is 30.2 Å². The average Bonchev–Trinajstić information content (AvgIpc) is 3.86. The lowest BCUT2D eigenvalue weighted by Crippen LogP contribution is -1.97. The summed E-state index contributed by atoms with van der Waals surface area (Å²) in [4.78, 5) is 9.31. The molecule has 0 radical (unpaired) electrons. The van der Waals surface area contributed by atoms with Gasteiger partial charge in [-0.05, 0) is 156 Å². The minimum Gasteiger partial charge on any atom is -0.293 e. The molecule has 0 spiro atoms. The van der Waals surface area contributed by atoms with E-state index in [2.05, 4.69) is 247 Å². The fourth-order valence-electron chi connectivity index (χ4n) is 10.1. The van der Waals surface area contributed by atoms with Crippen LogP contribution in [0.2, 0.25) is 0 Å². The Morgan fingerprint density at radius 1 is 0.459 bits per heavy atom. The first-order valence-corrected chi connectivity index (χ1v) is 25.6. The number of nitrogens with zero attached hydrogens (tertiary/aromatic N) is 3. The fourth-order valence-corrected chi connectivity index (χ4v) is 10.1. The highest BCUT2D eigenvalue weighted by Gasteiger charge is 2.19. The fraction of sp³-hybridized carbons (Fsp3) is 0.0704. The maximum Gasteiger partial charge on any atom is 0.145 e. The molecule has 0 bridgehead atoms. The Morgan fingerprint density at radius 3 is 1.54 bits per heavy atom. The van der Waals surface area contributed by atoms with Crippen molar-refractivity contribution in [2.45, 2.75) is 27.7 Å². The number of rotatable bonds is 9. The molecule has 3 nitrogen and oxygen atoms in total. The smallest absolute Gasteiger partial charge is 0.145 e. The number of fused-ring (bicyclic) bond motifs is 5. The van der Waals surface area contributed by atoms with Crippen LogP contribution in [0.1, 0.15) is 27.7 Å². The molecular weight excluding hydrogens is 895 g/mol. The summed E-state index contributed by atoms with van der Waals surface area (Å²) in [7, 11) is 1.78. The minimum atomic E-state index is 0.932. The molecule has 3 heteroatoms. The molecule has 0 amide bonds. The summed E-state index contributed by atoms with van der Waals surface area (Å²) in [6.07, 6.45) is 7.76. The normalized spacial score (nSPS) is 11.7. The molecule has 0 aliphatic carbocycles. The molecule has 0 aliphatic heterocycles. The summed E-state index contributed by atoms with van der Waals surface area (Å²) in [6, 6.07) is 83.8. The SMILES string of the molecule is C=C/C(=C\C=C/C)C(C)=NC.CC.c1ccc(-c2nc3cc(-c4cccc(-c5ccc6c(-c7ccc8ccccc8c7)c7ccccc7c(-c7ccc8ccccc8c7)c6c5)c4)ccc3n2-c2ccccc2)cc1. The van der Waals surface area contributed by atoms with Crippen LogP contribution in [0.5, 0.6) is 0 Å². The van der Waals surface area contributed by atoms with Gasteiger partial charge in [0.15, 0.2) is 0 Å². The van der Waals surface area contributed by atoms with Crippen molar-refractivity contribution in [2.24, 2.45) is 4.99 Å². The Labute approximate surface area is 435 Å². The van der Waals surface area contributed by atoms with Crippen LogP contribution in [0.15, 0.2) is 272 Å². The van der Waals surface area contributed by atoms with Gasteiger partial charge < -0.3 is 0 Å². The number of hydrogen-bond acceptors (Lipinski definition) is 2. The molecule has 12 rings (SSSR count). The maximum absolute atomic E-state index is 5.26. The zero-order chi connectivity index (χ0) is 51.0. The van der Waals surface area contributed by atoms with Gasteiger partial charge >= 0.3 is 0 Å². The van der Waals surface area contributed by atoms with Crippen LogP contribution in [0.3, 0.4) is 0 Å². The van der Waals surface area contributed by atoms with E-state index < -0.39 is 0 Å². The van der Waals surface area contributed by atoms with Crippen LogP contribution in [-0.2, 0) is 0 Å². The molecular formula is C71H59N3. The molecule has 0 aliphatic rings. The third-order valence-corrected chi connectivity index (χ3v) is 13.8. The third-order valence-electron chi connectivity index (χ3n) is 13.8. The molecule has 1 aromatic heterocycles. The van der Waals surface area contributed by atoms with Crippen LogP contribution >= 0.6 is 0 Å². The second-order valence-corrected chi connectivity index (χ2v) is 18.1. The Morgan fingerprint density at radius 2 is 0.946 bits per heavy atom. The number of benzene rings is 11. The van der Waals surface area contributed by atoms with Crippen LogP contribution in [0, 0.1) is 0 Å². The summed E-state index contributed by atoms with van der Waals surface area (Å²) in [5, 5.41) is 9.95. The van der Waals surface area contributed by atoms with Crippen molar-refractivity contribution in [3.8, 4) is 61.6 Å². The summed E-state index contributed by atoms with van der Waals surface area (Å²) in [5.41, 5.74) is 15.9. The Bertz CT molecular complexity index is 4080. The van der Waals surface area contributed by atoms with Crippen LogP contribution < -0.4 is 0 Å². The Hall–Kier alpha value is -9.18. The highest BCUT2D eigenvalue weighted by Crippen LogP contribution is 2.46. The highest BCUT2D eigenvalue weighted by molar-refractivity contribution is 6.22. The molecule has 12 aromatic rings. The van der Waals surface area contributed by atoms with E-state index in [1.807, 2.05) is 52.0 Å². The molecule has 0 saturated carbocycles. The number of hydrogen-bond donors (Lipinski definition) is 0. The molecule has 11 aromatic carbocycles. The monoisotopic (exact) mass is 953 g/mol. The second kappa shape index (κ2) is 22.1. The van der Waals surface area contributed by atoms with E-state index in [0.29, 0.717) is 0 Å². The van der Waals surface area contributed by atoms with Crippen LogP contribution in [-0.4, -0.2) is 22.3 Å². The van der Waals surface area contributed by atoms with Crippen molar-refractivity contribution in [3.63, 3.8) is 0 Å². The Kier molecular flexibility index (Phi) is 14.5. The first-order valence-electron chi connectivity index (χ1n) is 25.6. The van der Waals surface area contributed by atoms with Gasteiger partial charge in [0, 0.05) is 24.0 Å². The molecule has 0 unspecified atom stereocenters. The predicted molar refractivity (Wildman–Crippen MR) is 322 cm³/mol. The molecule has 74 heavy (non-hydrogen) atoms. The van der Waals surface area contributed by atoms with Crippen molar-refractivity contribution in [3.05, 3.63) is 267 Å². The third kappa shape index (κ3) is 9.64. The van der Waals surface area contributed by atoms with Gasteiger partial charge in [-0.3, -0.25) is 9.56 Å². The Balaban J connectivity index is 0.000000431. The number of imidazole rings is 1. The van der Waals surface area contributed by atoms with E-state index >= 15 is 0 Å². The molecule has 0 atom stereocenters. The maximum atomic E-state index is 5.26. The van der Waals surface area contributed by atoms with Crippen molar-refractivity contribution < 1.29 is 0 Å². The first kappa shape index (κ1) is 48.4. The summed E-state index contributed by atoms with van der Waals surface area (Å²) < 4.78 is 2.27. The van der Waals surface area contributed by atoms with Crippen molar-refractivity contribution in [2.75, 3.05) is 7.05 Å². The molecule has 358 valence electrons. The standard InChI is InChI=1S/C59H38N2.C10H15N.C2H6/c1-3-16-41(17-4-1)59-60-55-38-47(31-33-56(55)61(59)50-22-5-2-6-23-50)45-21-13-20-44(34-45)46-30-32-53-54(37-46)58(49-29-27-40-15-8-10-19-43(40)36-49)52-25-12-11-24-51(52)57(53)48-28-26-39-14-7-9-18-42(39)35-48;1-5-7-8-10(6-2)9(3)11-4;1-2/h1-38H;5-8H,2H2,1,3-4H3;1-2H3/b;7-5-,10-8+,11-9?;. The van der Waals surface area contributed by atoms with Crippen molar-refractivity contribution in [1.82, 2.24) is 9.55 Å². The van der Waals surface area contributed by atoms with Gasteiger partial charge in [-0.1, -0.05) is 227 Å². The number of aromatic nitrogens is 2. The van der Waals surface area contributed by atoms with Crippen molar-refractivity contribution >= 4 is 59.8 Å². The molecule has 0 N–H and O–H groups in total. The average molecular weight is 954 g/mol. The van der Waals surface area contributed by atoms with Crippen molar-refractivity contribution in [1.29, 1.82) is 0 Å². The van der Waals surface area contributed by atoms with Gasteiger partial charge in [0.25, 0.3) is 0 Å². The zero-order valence-corrected chi connectivity index (χ0v) is 42.8. The summed E-state index contributed by atoms with van der Waals surface area (Å²) in [6.45, 7) is 11.7. The summed E-state index contributed by atoms with van der Waals surface area (Å²) >= 11 is 0. The number of allylic oxidation sites excluding steroid dienone is 5. The lowest BCUT2D eigenvalue weighted by atomic mass is 9.84. The van der Waals surface area contributed by atoms with Gasteiger partial charge in [-0.15, -0.1) is 0 Å². The lowest BCUT2D eigenvalue weighted by Gasteiger charge is -2.19. The van der Waals surface area contributed by atoms with E-state index in [4.69, 9.17) is 4.98 Å². The van der Waals surface area contributed by atoms with E-state index in [1.165, 1.54) is 76.5 Å². The number of aliphatic imine (C=N–C) groups is 1. The minimum absolute atomic E-state index is 0.932. The zero-order valence-electron chi connectivity index (χ0n) is 42.8. The van der Waals surface area contributed by atoms with E-state index in [0.717, 1.165) is 50.5 Å². The molecule has 0 fully saturated rings. The quantitative estimate of drug-likeness (QED) is 0.0805. The first-order chi connectivity index (χ1) is 36.5. The van der Waals surface area contributed by atoms with Gasteiger partial charge in [0.1, 0.15) is 5.82 Å². The molecule has 1 heterocycles. The van der Waals surface area contributed by atoms with Gasteiger partial charge in [-0.2, -0.15) is 0 Å². The van der Waals surface area contributed by atoms with Gasteiger partial charge in [-0.25, -0.2) is 4.98 Å². The lowest BCUT2D eigenvalue weighted by molar-refractivity contribution is 1.10. The largest absolute Gasteiger partial charge is 0.293 e. The second-order valence-electron chi connectivity index (χ2n) is 18.1. The van der Waals surface area contributed by atoms with Gasteiger partial charge in [0.2, 0.25) is 0 Å². The van der Waals surface area contributed by atoms with Crippen LogP contribution in [0.25, 0.3) is 116 Å². The predicted octanol–water partition coefficient (Wildman–Crippen LogP) is 19.8. The van der Waals surface area contributed by atoms with E-state index in [9.17, 15) is 0 Å². The number of para-hydroxylation sites is 1. The van der Waals surface area contributed by atoms with Crippen LogP contribution in [0.4, 0.5) is 0 Å². The van der Waals surface area contributed by atoms with E-state index in [-0.39, 0.29) is 0 Å². The van der Waals surface area contributed by atoms with Gasteiger partial charge in [0.05, 0.1) is 11.0 Å². The molecule has 0 saturated heterocycles. The van der Waals surface area contributed by atoms with E-state index in [1.54, 1.807) is 7.05 Å².